The zero-order valence-electron chi connectivity index (χ0n) is 14.9. The van der Waals surface area contributed by atoms with E-state index >= 15 is 0 Å². The summed E-state index contributed by atoms with van der Waals surface area (Å²) in [7, 11) is 0. The van der Waals surface area contributed by atoms with E-state index in [1.54, 1.807) is 36.1 Å². The summed E-state index contributed by atoms with van der Waals surface area (Å²) >= 11 is 0. The Kier molecular flexibility index (Phi) is 4.95. The molecule has 0 bridgehead atoms. The summed E-state index contributed by atoms with van der Waals surface area (Å²) in [6, 6.07) is 9.41. The Balaban J connectivity index is 1.75. The molecule has 1 aliphatic rings. The fraction of sp³-hybridized carbons (Fsp3) is 0.300. The Labute approximate surface area is 155 Å². The van der Waals surface area contributed by atoms with Gasteiger partial charge in [0.2, 0.25) is 5.91 Å². The van der Waals surface area contributed by atoms with Gasteiger partial charge in [0, 0.05) is 24.7 Å². The van der Waals surface area contributed by atoms with Crippen LogP contribution in [0.25, 0.3) is 0 Å². The molecule has 2 amide bonds. The molecule has 0 aliphatic carbocycles. The van der Waals surface area contributed by atoms with Gasteiger partial charge in [-0.25, -0.2) is 0 Å². The minimum atomic E-state index is -4.43. The zero-order chi connectivity index (χ0) is 19.8. The van der Waals surface area contributed by atoms with Crippen molar-refractivity contribution in [2.75, 3.05) is 11.4 Å². The van der Waals surface area contributed by atoms with Crippen LogP contribution in [0.5, 0.6) is 0 Å². The number of halogens is 3. The van der Waals surface area contributed by atoms with Crippen LogP contribution in [0.15, 0.2) is 42.5 Å². The summed E-state index contributed by atoms with van der Waals surface area (Å²) in [5.41, 5.74) is 1.75. The molecule has 1 aliphatic heterocycles. The van der Waals surface area contributed by atoms with Crippen molar-refractivity contribution in [1.29, 1.82) is 0 Å². The number of nitrogens with zero attached hydrogens (tertiary/aromatic N) is 1. The smallest absolute Gasteiger partial charge is 0.346 e. The lowest BCUT2D eigenvalue weighted by molar-refractivity contribution is -0.137. The minimum Gasteiger partial charge on any atom is -0.346 e. The molecule has 1 unspecified atom stereocenters. The standard InChI is InChI=1S/C20H19F3N2O2/c1-12(14-4-3-5-17(11-14)20(21,22)23)24-19(27)16-6-7-18-15(10-16)8-9-25(18)13(2)26/h3-7,10-12H,8-9H2,1-2H3,(H,24,27). The number of nitrogens with one attached hydrogen (secondary N) is 1. The SMILES string of the molecule is CC(=O)N1CCc2cc(C(=O)NC(C)c3cccc(C(F)(F)F)c3)ccc21. The van der Waals surface area contributed by atoms with Crippen LogP contribution < -0.4 is 10.2 Å². The van der Waals surface area contributed by atoms with Crippen LogP contribution in [0, 0.1) is 0 Å². The van der Waals surface area contributed by atoms with Gasteiger partial charge < -0.3 is 10.2 Å². The average Bonchev–Trinajstić information content (AvgIpc) is 3.04. The molecule has 27 heavy (non-hydrogen) atoms. The van der Waals surface area contributed by atoms with Gasteiger partial charge in [0.25, 0.3) is 5.91 Å². The van der Waals surface area contributed by atoms with E-state index in [2.05, 4.69) is 5.32 Å². The number of alkyl halides is 3. The van der Waals surface area contributed by atoms with Gasteiger partial charge in [-0.05, 0) is 54.8 Å². The summed E-state index contributed by atoms with van der Waals surface area (Å²) in [6.07, 6.45) is -3.76. The first-order valence-corrected chi connectivity index (χ1v) is 8.56. The molecule has 3 rings (SSSR count). The second-order valence-corrected chi connectivity index (χ2v) is 6.58. The molecule has 2 aromatic carbocycles. The first kappa shape index (κ1) is 18.9. The van der Waals surface area contributed by atoms with E-state index in [9.17, 15) is 22.8 Å². The normalized spacial score (nSPS) is 14.6. The van der Waals surface area contributed by atoms with Crippen LogP contribution in [-0.2, 0) is 17.4 Å². The van der Waals surface area contributed by atoms with Crippen molar-refractivity contribution in [2.45, 2.75) is 32.5 Å². The highest BCUT2D eigenvalue weighted by molar-refractivity contribution is 5.98. The number of hydrogen-bond acceptors (Lipinski definition) is 2. The second-order valence-electron chi connectivity index (χ2n) is 6.58. The topological polar surface area (TPSA) is 49.4 Å². The maximum absolute atomic E-state index is 12.9. The third-order valence-electron chi connectivity index (χ3n) is 4.68. The molecule has 0 saturated heterocycles. The number of anilines is 1. The van der Waals surface area contributed by atoms with E-state index in [0.29, 0.717) is 24.1 Å². The molecule has 142 valence electrons. The van der Waals surface area contributed by atoms with Crippen molar-refractivity contribution >= 4 is 17.5 Å². The third-order valence-corrected chi connectivity index (χ3v) is 4.68. The van der Waals surface area contributed by atoms with Crippen LogP contribution in [0.2, 0.25) is 0 Å². The van der Waals surface area contributed by atoms with Gasteiger partial charge in [-0.3, -0.25) is 9.59 Å². The van der Waals surface area contributed by atoms with E-state index in [1.165, 1.54) is 13.0 Å². The average molecular weight is 376 g/mol. The number of benzene rings is 2. The zero-order valence-corrected chi connectivity index (χ0v) is 14.9. The monoisotopic (exact) mass is 376 g/mol. The Morgan fingerprint density at radius 3 is 2.56 bits per heavy atom. The van der Waals surface area contributed by atoms with Gasteiger partial charge in [0.1, 0.15) is 0 Å². The van der Waals surface area contributed by atoms with Gasteiger partial charge in [-0.1, -0.05) is 12.1 Å². The van der Waals surface area contributed by atoms with E-state index in [1.807, 2.05) is 0 Å². The van der Waals surface area contributed by atoms with Crippen molar-refractivity contribution in [3.8, 4) is 0 Å². The van der Waals surface area contributed by atoms with E-state index in [-0.39, 0.29) is 11.8 Å². The largest absolute Gasteiger partial charge is 0.416 e. The maximum Gasteiger partial charge on any atom is 0.416 e. The van der Waals surface area contributed by atoms with Crippen molar-refractivity contribution < 1.29 is 22.8 Å². The Bertz CT molecular complexity index is 893. The van der Waals surface area contributed by atoms with Crippen molar-refractivity contribution in [1.82, 2.24) is 5.32 Å². The summed E-state index contributed by atoms with van der Waals surface area (Å²) in [6.45, 7) is 3.71. The van der Waals surface area contributed by atoms with E-state index < -0.39 is 17.8 Å². The van der Waals surface area contributed by atoms with Gasteiger partial charge >= 0.3 is 6.18 Å². The lowest BCUT2D eigenvalue weighted by Gasteiger charge is -2.17. The van der Waals surface area contributed by atoms with Crippen LogP contribution in [0.3, 0.4) is 0 Å². The minimum absolute atomic E-state index is 0.0517. The number of fused-ring (bicyclic) bond motifs is 1. The molecule has 1 heterocycles. The van der Waals surface area contributed by atoms with Gasteiger partial charge in [0.05, 0.1) is 11.6 Å². The lowest BCUT2D eigenvalue weighted by atomic mass is 10.0. The van der Waals surface area contributed by atoms with Crippen LogP contribution in [-0.4, -0.2) is 18.4 Å². The summed E-state index contributed by atoms with van der Waals surface area (Å²) in [5.74, 6) is -0.423. The first-order chi connectivity index (χ1) is 12.7. The molecule has 0 fully saturated rings. The fourth-order valence-corrected chi connectivity index (χ4v) is 3.22. The van der Waals surface area contributed by atoms with E-state index in [0.717, 1.165) is 23.4 Å². The van der Waals surface area contributed by atoms with Crippen molar-refractivity contribution in [3.05, 3.63) is 64.7 Å². The number of rotatable bonds is 3. The number of hydrogen-bond donors (Lipinski definition) is 1. The maximum atomic E-state index is 12.9. The summed E-state index contributed by atoms with van der Waals surface area (Å²) < 4.78 is 38.6. The highest BCUT2D eigenvalue weighted by atomic mass is 19.4. The van der Waals surface area contributed by atoms with Gasteiger partial charge in [-0.15, -0.1) is 0 Å². The Morgan fingerprint density at radius 1 is 1.15 bits per heavy atom. The third kappa shape index (κ3) is 3.97. The van der Waals surface area contributed by atoms with Gasteiger partial charge in [0.15, 0.2) is 0 Å². The molecule has 4 nitrogen and oxygen atoms in total. The Morgan fingerprint density at radius 2 is 1.89 bits per heavy atom. The molecular formula is C20H19F3N2O2. The highest BCUT2D eigenvalue weighted by Gasteiger charge is 2.31. The number of carbonyl (C=O) groups excluding carboxylic acids is 2. The molecule has 1 N–H and O–H groups in total. The molecule has 0 saturated carbocycles. The summed E-state index contributed by atoms with van der Waals surface area (Å²) in [4.78, 5) is 25.8. The molecule has 0 radical (unpaired) electrons. The van der Waals surface area contributed by atoms with Crippen LogP contribution in [0.4, 0.5) is 18.9 Å². The quantitative estimate of drug-likeness (QED) is 0.877. The van der Waals surface area contributed by atoms with Crippen LogP contribution >= 0.6 is 0 Å². The number of carbonyl (C=O) groups is 2. The second kappa shape index (κ2) is 7.06. The Hall–Kier alpha value is -2.83. The van der Waals surface area contributed by atoms with Crippen LogP contribution in [0.1, 0.15) is 46.9 Å². The molecule has 1 atom stereocenters. The molecule has 0 aromatic heterocycles. The molecule has 0 spiro atoms. The molecule has 2 aromatic rings. The number of amides is 2. The van der Waals surface area contributed by atoms with Gasteiger partial charge in [-0.2, -0.15) is 13.2 Å². The summed E-state index contributed by atoms with van der Waals surface area (Å²) in [5, 5.41) is 2.73. The lowest BCUT2D eigenvalue weighted by Crippen LogP contribution is -2.27. The fourth-order valence-electron chi connectivity index (χ4n) is 3.22. The van der Waals surface area contributed by atoms with E-state index in [4.69, 9.17) is 0 Å². The molecule has 7 heteroatoms. The van der Waals surface area contributed by atoms with Crippen molar-refractivity contribution in [3.63, 3.8) is 0 Å². The predicted molar refractivity (Wildman–Crippen MR) is 95.5 cm³/mol. The highest BCUT2D eigenvalue weighted by Crippen LogP contribution is 2.31. The molecular weight excluding hydrogens is 357 g/mol. The first-order valence-electron chi connectivity index (χ1n) is 8.56. The predicted octanol–water partition coefficient (Wildman–Crippen LogP) is 4.11. The van der Waals surface area contributed by atoms with Crippen molar-refractivity contribution in [2.24, 2.45) is 0 Å².